The number of phenols is 4. The van der Waals surface area contributed by atoms with Crippen LogP contribution in [-0.4, -0.2) is 90.2 Å². The molecule has 0 saturated heterocycles. The molecule has 10 N–H and O–H groups in total. The Morgan fingerprint density at radius 1 is 0.625 bits per heavy atom. The molecular formula is C26H36N2O12. The highest BCUT2D eigenvalue weighted by Crippen LogP contribution is 2.28. The van der Waals surface area contributed by atoms with E-state index in [0.29, 0.717) is 0 Å². The number of quaternary nitrogens is 2. The minimum atomic E-state index is -1.56. The van der Waals surface area contributed by atoms with E-state index < -0.39 is 74.0 Å². The maximum atomic E-state index is 12.0. The highest BCUT2D eigenvalue weighted by molar-refractivity contribution is 5.69. The van der Waals surface area contributed by atoms with E-state index in [1.807, 2.05) is 0 Å². The molecular weight excluding hydrogens is 532 g/mol. The molecule has 0 aliphatic carbocycles. The number of carboxylic acids is 2. The summed E-state index contributed by atoms with van der Waals surface area (Å²) in [5, 5.41) is 105. The van der Waals surface area contributed by atoms with Crippen LogP contribution in [0.25, 0.3) is 0 Å². The van der Waals surface area contributed by atoms with Crippen molar-refractivity contribution in [2.75, 3.05) is 13.2 Å². The number of phenolic OH excluding ortho intramolecular Hbond substituents is 2. The lowest BCUT2D eigenvalue weighted by Crippen LogP contribution is -3.29. The summed E-state index contributed by atoms with van der Waals surface area (Å²) in [6, 6.07) is -0.784. The molecule has 0 amide bonds. The fourth-order valence-electron chi connectivity index (χ4n) is 4.83. The van der Waals surface area contributed by atoms with Crippen LogP contribution in [-0.2, 0) is 35.9 Å². The minimum Gasteiger partial charge on any atom is -0.544 e. The third-order valence-corrected chi connectivity index (χ3v) is 7.34. The van der Waals surface area contributed by atoms with E-state index in [9.17, 15) is 60.7 Å². The average Bonchev–Trinajstić information content (AvgIpc) is 2.91. The molecule has 0 aliphatic heterocycles. The monoisotopic (exact) mass is 568 g/mol. The molecule has 2 aromatic carbocycles. The maximum Gasteiger partial charge on any atom is 0.166 e. The van der Waals surface area contributed by atoms with Crippen LogP contribution in [0.15, 0.2) is 24.3 Å². The van der Waals surface area contributed by atoms with Gasteiger partial charge in [0, 0.05) is 22.8 Å². The summed E-state index contributed by atoms with van der Waals surface area (Å²) in [4.78, 5) is 24.0. The molecule has 0 spiro atoms. The van der Waals surface area contributed by atoms with Crippen molar-refractivity contribution in [3.63, 3.8) is 0 Å². The zero-order valence-electron chi connectivity index (χ0n) is 22.1. The van der Waals surface area contributed by atoms with E-state index >= 15 is 0 Å². The molecule has 0 radical (unpaired) electrons. The molecule has 222 valence electrons. The Labute approximate surface area is 229 Å². The van der Waals surface area contributed by atoms with Crippen molar-refractivity contribution in [2.45, 2.75) is 64.3 Å². The van der Waals surface area contributed by atoms with Crippen LogP contribution < -0.4 is 20.0 Å². The van der Waals surface area contributed by atoms with Gasteiger partial charge in [-0.3, -0.25) is 0 Å². The van der Waals surface area contributed by atoms with Crippen LogP contribution in [0.5, 0.6) is 23.0 Å². The van der Waals surface area contributed by atoms with Gasteiger partial charge in [0.25, 0.3) is 0 Å². The van der Waals surface area contributed by atoms with Crippen LogP contribution in [0.3, 0.4) is 0 Å². The van der Waals surface area contributed by atoms with E-state index in [2.05, 4.69) is 0 Å². The first kappa shape index (κ1) is 32.6. The highest BCUT2D eigenvalue weighted by atomic mass is 16.4. The van der Waals surface area contributed by atoms with Crippen molar-refractivity contribution in [1.82, 2.24) is 0 Å². The number of aliphatic carboxylic acids is 2. The molecule has 2 rings (SSSR count). The Kier molecular flexibility index (Phi) is 11.5. The predicted molar refractivity (Wildman–Crippen MR) is 131 cm³/mol. The molecule has 0 fully saturated rings. The van der Waals surface area contributed by atoms with Crippen LogP contribution >= 0.6 is 0 Å². The Hall–Kier alpha value is -3.66. The third kappa shape index (κ3) is 7.29. The molecule has 0 aliphatic rings. The lowest BCUT2D eigenvalue weighted by molar-refractivity contribution is -1.02. The summed E-state index contributed by atoms with van der Waals surface area (Å²) in [6.45, 7) is -0.874. The summed E-state index contributed by atoms with van der Waals surface area (Å²) >= 11 is 0. The van der Waals surface area contributed by atoms with E-state index in [1.54, 1.807) is 0 Å². The van der Waals surface area contributed by atoms with Crippen molar-refractivity contribution in [3.8, 4) is 23.0 Å². The van der Waals surface area contributed by atoms with Crippen molar-refractivity contribution in [3.05, 3.63) is 46.5 Å². The van der Waals surface area contributed by atoms with Crippen LogP contribution in [0.4, 0.5) is 0 Å². The lowest BCUT2D eigenvalue weighted by Gasteiger charge is -2.41. The fraction of sp³-hybridized carbons (Fsp3) is 0.462. The Balaban J connectivity index is 2.63. The smallest absolute Gasteiger partial charge is 0.166 e. The minimum absolute atomic E-state index is 0.0112. The highest BCUT2D eigenvalue weighted by Gasteiger charge is 2.43. The van der Waals surface area contributed by atoms with Gasteiger partial charge in [-0.1, -0.05) is 0 Å². The Bertz CT molecular complexity index is 1190. The second kappa shape index (κ2) is 14.1. The van der Waals surface area contributed by atoms with E-state index in [-0.39, 0.29) is 56.6 Å². The lowest BCUT2D eigenvalue weighted by atomic mass is 9.98. The Morgan fingerprint density at radius 2 is 0.950 bits per heavy atom. The SMILES string of the molecule is CC(C(=O)[O-])[NH+](Cc1cc(CO)c(O)cc1O)C(CO)[C@@H](CO)[NH+](Cc1cc(O)c(CO)cc1O)C(C)C(=O)[O-]. The van der Waals surface area contributed by atoms with Gasteiger partial charge in [-0.2, -0.15) is 0 Å². The molecule has 40 heavy (non-hydrogen) atoms. The molecule has 5 unspecified atom stereocenters. The quantitative estimate of drug-likeness (QED) is 0.0902. The summed E-state index contributed by atoms with van der Waals surface area (Å²) in [5.41, 5.74) is 0.159. The zero-order chi connectivity index (χ0) is 30.3. The topological polar surface area (TPSA) is 251 Å². The van der Waals surface area contributed by atoms with E-state index in [4.69, 9.17) is 0 Å². The molecule has 6 atom stereocenters. The summed E-state index contributed by atoms with van der Waals surface area (Å²) in [7, 11) is 0. The van der Waals surface area contributed by atoms with Crippen LogP contribution in [0.2, 0.25) is 0 Å². The normalized spacial score (nSPS) is 16.1. The van der Waals surface area contributed by atoms with Gasteiger partial charge in [0.2, 0.25) is 0 Å². The summed E-state index contributed by atoms with van der Waals surface area (Å²) < 4.78 is 0. The number of benzene rings is 2. The Morgan fingerprint density at radius 3 is 1.35 bits per heavy atom. The second-order valence-electron chi connectivity index (χ2n) is 9.70. The molecule has 14 heteroatoms. The van der Waals surface area contributed by atoms with Crippen LogP contribution in [0.1, 0.15) is 36.1 Å². The van der Waals surface area contributed by atoms with Crippen molar-refractivity contribution < 1.29 is 70.5 Å². The van der Waals surface area contributed by atoms with Crippen LogP contribution in [0, 0.1) is 0 Å². The number of hydrogen-bond acceptors (Lipinski definition) is 12. The molecule has 2 aromatic rings. The molecule has 0 heterocycles. The number of carbonyl (C=O) groups excluding carboxylic acids is 2. The number of aliphatic hydroxyl groups is 4. The van der Waals surface area contributed by atoms with Gasteiger partial charge in [-0.15, -0.1) is 0 Å². The first-order valence-corrected chi connectivity index (χ1v) is 12.4. The van der Waals surface area contributed by atoms with Gasteiger partial charge < -0.3 is 70.5 Å². The maximum absolute atomic E-state index is 12.0. The van der Waals surface area contributed by atoms with Crippen molar-refractivity contribution in [2.24, 2.45) is 0 Å². The first-order valence-electron chi connectivity index (χ1n) is 12.4. The molecule has 0 bridgehead atoms. The standard InChI is InChI=1S/C26H36N2O12/c1-13(25(37)38)27(7-15-3-17(9-29)24(36)6-23(15)35)19(11-31)20(12-32)28(14(2)26(39)40)8-16-4-22(34)18(10-30)5-21(16)33/h3-6,13-14,19-20,29-36H,7-12H2,1-2H3,(H,37,38)(H,39,40)/t13?,14?,19?,20-/m1/s1. The molecule has 0 aromatic heterocycles. The largest absolute Gasteiger partial charge is 0.544 e. The van der Waals surface area contributed by atoms with Crippen molar-refractivity contribution in [1.29, 1.82) is 0 Å². The zero-order valence-corrected chi connectivity index (χ0v) is 22.1. The number of hydrogen-bond donors (Lipinski definition) is 10. The fourth-order valence-corrected chi connectivity index (χ4v) is 4.83. The number of carboxylic acid groups (broad SMARTS) is 2. The summed E-state index contributed by atoms with van der Waals surface area (Å²) in [6.07, 6.45) is 0. The number of carbonyl (C=O) groups is 2. The number of aromatic hydroxyl groups is 4. The molecule has 0 saturated carbocycles. The van der Waals surface area contributed by atoms with Gasteiger partial charge in [-0.05, 0) is 32.0 Å². The van der Waals surface area contributed by atoms with Gasteiger partial charge in [0.05, 0.1) is 30.7 Å². The van der Waals surface area contributed by atoms with Gasteiger partial charge >= 0.3 is 0 Å². The predicted octanol–water partition coefficient (Wildman–Crippen LogP) is -6.04. The number of aliphatic hydroxyl groups excluding tert-OH is 4. The number of rotatable bonds is 15. The third-order valence-electron chi connectivity index (χ3n) is 7.34. The van der Waals surface area contributed by atoms with E-state index in [0.717, 1.165) is 18.2 Å². The first-order chi connectivity index (χ1) is 18.8. The number of nitrogens with one attached hydrogen (secondary N) is 2. The molecule has 14 nitrogen and oxygen atoms in total. The van der Waals surface area contributed by atoms with Gasteiger partial charge in [-0.25, -0.2) is 0 Å². The second-order valence-corrected chi connectivity index (χ2v) is 9.70. The van der Waals surface area contributed by atoms with Gasteiger partial charge in [0.15, 0.2) is 12.1 Å². The van der Waals surface area contributed by atoms with E-state index in [1.165, 1.54) is 19.9 Å². The average molecular weight is 569 g/mol. The van der Waals surface area contributed by atoms with Gasteiger partial charge in [0.1, 0.15) is 61.4 Å². The van der Waals surface area contributed by atoms with Crippen molar-refractivity contribution >= 4 is 11.9 Å². The summed E-state index contributed by atoms with van der Waals surface area (Å²) in [5.74, 6) is -4.72.